The molecule has 3 aromatic rings. The van der Waals surface area contributed by atoms with Gasteiger partial charge < -0.3 is 4.84 Å². The first kappa shape index (κ1) is 17.9. The van der Waals surface area contributed by atoms with Crippen LogP contribution in [0.25, 0.3) is 11.0 Å². The summed E-state index contributed by atoms with van der Waals surface area (Å²) in [6.07, 6.45) is 1.96. The fourth-order valence-corrected chi connectivity index (χ4v) is 4.98. The minimum Gasteiger partial charge on any atom is -0.390 e. The Labute approximate surface area is 158 Å². The second-order valence-corrected chi connectivity index (χ2v) is 8.92. The first-order valence-electron chi connectivity index (χ1n) is 9.07. The predicted molar refractivity (Wildman–Crippen MR) is 101 cm³/mol. The second kappa shape index (κ2) is 7.28. The molecule has 1 atom stereocenters. The van der Waals surface area contributed by atoms with Crippen LogP contribution in [0.5, 0.6) is 0 Å². The highest BCUT2D eigenvalue weighted by Gasteiger charge is 2.29. The molecule has 7 nitrogen and oxygen atoms in total. The van der Waals surface area contributed by atoms with Crippen molar-refractivity contribution in [1.82, 2.24) is 19.5 Å². The Kier molecular flexibility index (Phi) is 4.84. The molecule has 0 aliphatic carbocycles. The van der Waals surface area contributed by atoms with Crippen LogP contribution in [0.3, 0.4) is 0 Å². The van der Waals surface area contributed by atoms with Gasteiger partial charge >= 0.3 is 0 Å². The fraction of sp³-hybridized carbons (Fsp3) is 0.368. The molecule has 142 valence electrons. The molecule has 1 fully saturated rings. The molecule has 0 N–H and O–H groups in total. The van der Waals surface area contributed by atoms with Crippen LogP contribution in [0.15, 0.2) is 53.4 Å². The van der Waals surface area contributed by atoms with Gasteiger partial charge in [0.05, 0.1) is 4.90 Å². The molecule has 1 saturated heterocycles. The zero-order chi connectivity index (χ0) is 18.9. The molecular weight excluding hydrogens is 364 g/mol. The van der Waals surface area contributed by atoms with Gasteiger partial charge in [-0.1, -0.05) is 42.1 Å². The molecule has 8 heteroatoms. The number of fused-ring (bicyclic) bond motifs is 1. The first-order valence-corrected chi connectivity index (χ1v) is 10.5. The van der Waals surface area contributed by atoms with Crippen molar-refractivity contribution >= 4 is 21.1 Å². The number of rotatable bonds is 5. The topological polar surface area (TPSA) is 77.3 Å². The Morgan fingerprint density at radius 2 is 2.00 bits per heavy atom. The van der Waals surface area contributed by atoms with Crippen molar-refractivity contribution in [2.75, 3.05) is 13.1 Å². The lowest BCUT2D eigenvalue weighted by atomic mass is 10.0. The lowest BCUT2D eigenvalue weighted by molar-refractivity contribution is 0.0751. The highest BCUT2D eigenvalue weighted by Crippen LogP contribution is 2.25. The van der Waals surface area contributed by atoms with Gasteiger partial charge in [-0.05, 0) is 47.7 Å². The van der Waals surface area contributed by atoms with E-state index in [-0.39, 0.29) is 4.90 Å². The molecule has 2 aromatic carbocycles. The quantitative estimate of drug-likeness (QED) is 0.673. The number of aromatic nitrogens is 3. The molecule has 0 amide bonds. The van der Waals surface area contributed by atoms with Crippen LogP contribution >= 0.6 is 0 Å². The van der Waals surface area contributed by atoms with Crippen molar-refractivity contribution in [1.29, 1.82) is 0 Å². The summed E-state index contributed by atoms with van der Waals surface area (Å²) in [7, 11) is -3.54. The van der Waals surface area contributed by atoms with Gasteiger partial charge in [-0.15, -0.1) is 5.10 Å². The lowest BCUT2D eigenvalue weighted by Crippen LogP contribution is -2.39. The molecule has 1 aliphatic heterocycles. The van der Waals surface area contributed by atoms with Crippen LogP contribution in [0.4, 0.5) is 0 Å². The van der Waals surface area contributed by atoms with Crippen molar-refractivity contribution in [3.05, 3.63) is 54.1 Å². The maximum Gasteiger partial charge on any atom is 0.243 e. The van der Waals surface area contributed by atoms with Crippen molar-refractivity contribution in [3.8, 4) is 0 Å². The van der Waals surface area contributed by atoms with Crippen molar-refractivity contribution < 1.29 is 13.3 Å². The maximum atomic E-state index is 13.0. The number of hydrogen-bond acceptors (Lipinski definition) is 5. The number of piperidine rings is 1. The van der Waals surface area contributed by atoms with Crippen molar-refractivity contribution in [2.45, 2.75) is 31.3 Å². The Morgan fingerprint density at radius 1 is 1.19 bits per heavy atom. The maximum absolute atomic E-state index is 13.0. The van der Waals surface area contributed by atoms with Crippen LogP contribution in [-0.2, 0) is 16.6 Å². The predicted octanol–water partition coefficient (Wildman–Crippen LogP) is 2.48. The van der Waals surface area contributed by atoms with E-state index in [4.69, 9.17) is 4.84 Å². The summed E-state index contributed by atoms with van der Waals surface area (Å²) in [6, 6.07) is 14.6. The van der Waals surface area contributed by atoms with Crippen LogP contribution in [0.1, 0.15) is 25.3 Å². The summed E-state index contributed by atoms with van der Waals surface area (Å²) >= 11 is 0. The lowest BCUT2D eigenvalue weighted by Gasteiger charge is -2.30. The van der Waals surface area contributed by atoms with Crippen molar-refractivity contribution in [3.63, 3.8) is 0 Å². The zero-order valence-corrected chi connectivity index (χ0v) is 16.0. The van der Waals surface area contributed by atoms with E-state index in [9.17, 15) is 8.42 Å². The summed E-state index contributed by atoms with van der Waals surface area (Å²) in [6.45, 7) is 3.52. The standard InChI is InChI=1S/C19H22N4O3S/c1-15-6-5-11-22(13-15)27(24,25)17-9-10-18-19(12-17)23(21-20-18)26-14-16-7-3-2-4-8-16/h2-4,7-10,12,15H,5-6,11,13-14H2,1H3/t15-/m0/s1. The Morgan fingerprint density at radius 3 is 2.78 bits per heavy atom. The minimum atomic E-state index is -3.54. The Bertz CT molecular complexity index is 1030. The molecule has 4 rings (SSSR count). The summed E-state index contributed by atoms with van der Waals surface area (Å²) in [5, 5.41) is 8.05. The Balaban J connectivity index is 1.61. The molecule has 27 heavy (non-hydrogen) atoms. The molecule has 1 aliphatic rings. The highest BCUT2D eigenvalue weighted by molar-refractivity contribution is 7.89. The number of hydrogen-bond donors (Lipinski definition) is 0. The zero-order valence-electron chi connectivity index (χ0n) is 15.2. The average molecular weight is 386 g/mol. The average Bonchev–Trinajstić information content (AvgIpc) is 3.09. The molecule has 2 heterocycles. The fourth-order valence-electron chi connectivity index (χ4n) is 3.36. The summed E-state index contributed by atoms with van der Waals surface area (Å²) < 4.78 is 27.6. The SMILES string of the molecule is C[C@H]1CCCN(S(=O)(=O)c2ccc3nnn(OCc4ccccc4)c3c2)C1. The Hall–Kier alpha value is -2.45. The molecular formula is C19H22N4O3S. The molecule has 0 saturated carbocycles. The second-order valence-electron chi connectivity index (χ2n) is 6.98. The van der Waals surface area contributed by atoms with Crippen LogP contribution in [-0.4, -0.2) is 41.0 Å². The van der Waals surface area contributed by atoms with E-state index in [1.54, 1.807) is 22.5 Å². The number of benzene rings is 2. The van der Waals surface area contributed by atoms with Crippen LogP contribution < -0.4 is 4.84 Å². The van der Waals surface area contributed by atoms with Crippen LogP contribution in [0, 0.1) is 5.92 Å². The summed E-state index contributed by atoms with van der Waals surface area (Å²) in [5.74, 6) is 0.374. The normalized spacial score (nSPS) is 18.6. The van der Waals surface area contributed by atoms with Crippen LogP contribution in [0.2, 0.25) is 0 Å². The van der Waals surface area contributed by atoms with E-state index < -0.39 is 10.0 Å². The molecule has 0 unspecified atom stereocenters. The summed E-state index contributed by atoms with van der Waals surface area (Å²) in [4.78, 5) is 7.25. The smallest absolute Gasteiger partial charge is 0.243 e. The van der Waals surface area contributed by atoms with E-state index in [2.05, 4.69) is 17.2 Å². The van der Waals surface area contributed by atoms with Gasteiger partial charge in [-0.25, -0.2) is 8.42 Å². The largest absolute Gasteiger partial charge is 0.390 e. The third kappa shape index (κ3) is 3.68. The number of nitrogens with zero attached hydrogens (tertiary/aromatic N) is 4. The van der Waals surface area contributed by atoms with E-state index >= 15 is 0 Å². The third-order valence-electron chi connectivity index (χ3n) is 4.84. The molecule has 0 radical (unpaired) electrons. The van der Waals surface area contributed by atoms with E-state index in [1.165, 1.54) is 4.85 Å². The first-order chi connectivity index (χ1) is 13.0. The molecule has 0 bridgehead atoms. The highest BCUT2D eigenvalue weighted by atomic mass is 32.2. The van der Waals surface area contributed by atoms with Gasteiger partial charge in [-0.3, -0.25) is 0 Å². The summed E-state index contributed by atoms with van der Waals surface area (Å²) in [5.41, 5.74) is 2.12. The van der Waals surface area contributed by atoms with E-state index in [0.29, 0.717) is 36.6 Å². The van der Waals surface area contributed by atoms with E-state index in [0.717, 1.165) is 18.4 Å². The monoisotopic (exact) mass is 386 g/mol. The van der Waals surface area contributed by atoms with Gasteiger partial charge in [-0.2, -0.15) is 4.31 Å². The minimum absolute atomic E-state index is 0.246. The van der Waals surface area contributed by atoms with E-state index in [1.807, 2.05) is 30.3 Å². The molecule has 0 spiro atoms. The molecule has 1 aromatic heterocycles. The third-order valence-corrected chi connectivity index (χ3v) is 6.70. The number of sulfonamides is 1. The van der Waals surface area contributed by atoms with Gasteiger partial charge in [0.15, 0.2) is 0 Å². The van der Waals surface area contributed by atoms with Gasteiger partial charge in [0, 0.05) is 13.1 Å². The van der Waals surface area contributed by atoms with Gasteiger partial charge in [0.1, 0.15) is 17.6 Å². The van der Waals surface area contributed by atoms with Gasteiger partial charge in [0.25, 0.3) is 0 Å². The van der Waals surface area contributed by atoms with Gasteiger partial charge in [0.2, 0.25) is 10.0 Å². The van der Waals surface area contributed by atoms with Crippen molar-refractivity contribution in [2.24, 2.45) is 5.92 Å².